The van der Waals surface area contributed by atoms with Gasteiger partial charge in [-0.2, -0.15) is 11.8 Å². The van der Waals surface area contributed by atoms with E-state index in [1.54, 1.807) is 11.8 Å². The summed E-state index contributed by atoms with van der Waals surface area (Å²) in [6.07, 6.45) is 6.69. The van der Waals surface area contributed by atoms with Crippen molar-refractivity contribution >= 4 is 70.5 Å². The second-order valence-corrected chi connectivity index (χ2v) is 17.3. The van der Waals surface area contributed by atoms with Crippen molar-refractivity contribution in [1.29, 1.82) is 0 Å². The Hall–Kier alpha value is -2.28. The molecule has 5 rings (SSSR count). The average Bonchev–Trinajstić information content (AvgIpc) is 3.63. The summed E-state index contributed by atoms with van der Waals surface area (Å²) < 4.78 is 4.03. The van der Waals surface area contributed by atoms with Gasteiger partial charge in [-0.3, -0.25) is 4.79 Å². The van der Waals surface area contributed by atoms with Crippen molar-refractivity contribution in [3.63, 3.8) is 0 Å². The molecule has 5 aromatic rings. The predicted octanol–water partition coefficient (Wildman–Crippen LogP) is 13.6. The number of carbonyl (C=O) groups excluding carboxylic acids is 1. The molecule has 0 bridgehead atoms. The molecule has 1 N–H and O–H groups in total. The number of thiophene rings is 2. The molecule has 48 heavy (non-hydrogen) atoms. The number of thioether (sulfide) groups is 1. The number of ketones is 1. The predicted molar refractivity (Wildman–Crippen MR) is 209 cm³/mol. The molecular weight excluding hydrogens is 827 g/mol. The Morgan fingerprint density at radius 3 is 2.19 bits per heavy atom. The first kappa shape index (κ1) is 40.2. The summed E-state index contributed by atoms with van der Waals surface area (Å²) in [6, 6.07) is 16.8. The van der Waals surface area contributed by atoms with Gasteiger partial charge in [-0.05, 0) is 77.4 Å². The third-order valence-corrected chi connectivity index (χ3v) is 13.1. The summed E-state index contributed by atoms with van der Waals surface area (Å²) in [5, 5.41) is 15.9. The van der Waals surface area contributed by atoms with Crippen LogP contribution in [0.1, 0.15) is 98.4 Å². The molecule has 3 nitrogen and oxygen atoms in total. The van der Waals surface area contributed by atoms with Crippen molar-refractivity contribution in [3.05, 3.63) is 82.9 Å². The molecule has 2 aromatic carbocycles. The number of benzene rings is 2. The van der Waals surface area contributed by atoms with Gasteiger partial charge >= 0.3 is 0 Å². The third kappa shape index (κ3) is 8.19. The van der Waals surface area contributed by atoms with E-state index >= 15 is 0 Å². The van der Waals surface area contributed by atoms with Crippen LogP contribution in [-0.2, 0) is 30.3 Å². The van der Waals surface area contributed by atoms with Crippen molar-refractivity contribution < 1.29 is 30.0 Å². The molecule has 0 aliphatic heterocycles. The van der Waals surface area contributed by atoms with Crippen LogP contribution in [0.25, 0.3) is 41.5 Å². The van der Waals surface area contributed by atoms with Gasteiger partial charge in [0.05, 0.1) is 9.40 Å². The second-order valence-electron chi connectivity index (χ2n) is 13.9. The number of allylic oxidation sites excluding steroid dienone is 2. The smallest absolute Gasteiger partial charge is 0.164 e. The summed E-state index contributed by atoms with van der Waals surface area (Å²) >= 11 is 5.42. The number of aliphatic hydroxyl groups is 1. The van der Waals surface area contributed by atoms with Crippen LogP contribution >= 0.6 is 34.4 Å². The topological polar surface area (TPSA) is 50.2 Å². The van der Waals surface area contributed by atoms with Gasteiger partial charge in [0.25, 0.3) is 0 Å². The van der Waals surface area contributed by atoms with E-state index in [2.05, 4.69) is 76.7 Å². The number of aromatic nitrogens is 1. The number of hydrogen-bond donors (Lipinski definition) is 1. The summed E-state index contributed by atoms with van der Waals surface area (Å²) in [5.41, 5.74) is 2.80. The summed E-state index contributed by atoms with van der Waals surface area (Å²) in [4.78, 5) is 19.6. The van der Waals surface area contributed by atoms with Gasteiger partial charge in [0.1, 0.15) is 5.76 Å². The standard InChI is InChI=1S/C26H22NS3.C15H28O2.Ir/c1-6-28-20-10-8-16(14-19(20)26(3,4)5)23-22-18-9-7-17-13-15(2)29-24(17)25(18)30-21(22)11-12-27-23;1-7-14(5,8-2)12(16)11-13(17)15(6,9-3)10-4;/h6-7,9-14H,1H2,2-5H3;11,16H,7-10H2,1-6H3;/q-1;;/b;12-11-;. The van der Waals surface area contributed by atoms with Gasteiger partial charge in [0, 0.05) is 52.8 Å². The van der Waals surface area contributed by atoms with Gasteiger partial charge in [0.2, 0.25) is 0 Å². The maximum Gasteiger partial charge on any atom is 0.164 e. The minimum absolute atomic E-state index is 0. The molecule has 0 unspecified atom stereocenters. The number of nitrogens with zero attached hydrogens (tertiary/aromatic N) is 1. The van der Waals surface area contributed by atoms with Crippen molar-refractivity contribution in [2.75, 3.05) is 0 Å². The van der Waals surface area contributed by atoms with E-state index < -0.39 is 0 Å². The molecule has 3 heterocycles. The van der Waals surface area contributed by atoms with Crippen molar-refractivity contribution in [2.45, 2.75) is 105 Å². The van der Waals surface area contributed by atoms with Gasteiger partial charge < -0.3 is 10.1 Å². The number of rotatable bonds is 10. The average molecular weight is 877 g/mol. The molecule has 0 amide bonds. The van der Waals surface area contributed by atoms with Crippen LogP contribution in [0.15, 0.2) is 71.3 Å². The van der Waals surface area contributed by atoms with Crippen LogP contribution in [0.4, 0.5) is 0 Å². The molecule has 0 saturated heterocycles. The van der Waals surface area contributed by atoms with Crippen LogP contribution in [0.5, 0.6) is 0 Å². The molecule has 0 spiro atoms. The molecule has 0 atom stereocenters. The Labute approximate surface area is 313 Å². The minimum Gasteiger partial charge on any atom is -0.512 e. The van der Waals surface area contributed by atoms with Gasteiger partial charge in [-0.1, -0.05) is 85.9 Å². The SMILES string of the molecule is C=CSc1c[c-]c(-c2nccc3sc4c(ccc5cc(C)sc54)c23)cc1C(C)(C)C.CCC(C)(CC)C(=O)/C=C(\O)C(C)(CC)CC.[Ir]. The first-order valence-corrected chi connectivity index (χ1v) is 19.2. The molecule has 259 valence electrons. The molecule has 0 fully saturated rings. The number of pyridine rings is 1. The summed E-state index contributed by atoms with van der Waals surface area (Å²) in [6.45, 7) is 24.9. The molecule has 7 heteroatoms. The molecule has 1 radical (unpaired) electrons. The molecule has 0 aliphatic rings. The number of aliphatic hydroxyl groups excluding tert-OH is 1. The zero-order valence-corrected chi connectivity index (χ0v) is 34.9. The molecule has 0 aliphatic carbocycles. The van der Waals surface area contributed by atoms with E-state index in [1.165, 1.54) is 51.7 Å². The fraction of sp³-hybridized carbons (Fsp3) is 0.415. The number of hydrogen-bond acceptors (Lipinski definition) is 6. The van der Waals surface area contributed by atoms with E-state index in [0.717, 1.165) is 36.9 Å². The van der Waals surface area contributed by atoms with Crippen LogP contribution in [0.2, 0.25) is 0 Å². The normalized spacial score (nSPS) is 12.6. The fourth-order valence-corrected chi connectivity index (χ4v) is 8.83. The first-order chi connectivity index (χ1) is 22.2. The molecule has 0 saturated carbocycles. The van der Waals surface area contributed by atoms with E-state index in [4.69, 9.17) is 4.98 Å². The quantitative estimate of drug-likeness (QED) is 0.0657. The molecular formula is C41H50IrNO2S3-. The largest absolute Gasteiger partial charge is 0.512 e. The van der Waals surface area contributed by atoms with E-state index in [-0.39, 0.29) is 47.9 Å². The first-order valence-electron chi connectivity index (χ1n) is 16.7. The van der Waals surface area contributed by atoms with Crippen LogP contribution < -0.4 is 0 Å². The zero-order chi connectivity index (χ0) is 34.7. The fourth-order valence-electron chi connectivity index (χ4n) is 5.68. The van der Waals surface area contributed by atoms with Crippen LogP contribution in [0, 0.1) is 23.8 Å². The molecule has 3 aromatic heterocycles. The van der Waals surface area contributed by atoms with Gasteiger partial charge in [-0.15, -0.1) is 52.0 Å². The zero-order valence-electron chi connectivity index (χ0n) is 30.1. The maximum absolute atomic E-state index is 12.2. The Morgan fingerprint density at radius 1 is 0.958 bits per heavy atom. The minimum atomic E-state index is -0.337. The Morgan fingerprint density at radius 2 is 1.60 bits per heavy atom. The van der Waals surface area contributed by atoms with E-state index in [9.17, 15) is 9.90 Å². The second kappa shape index (κ2) is 16.2. The monoisotopic (exact) mass is 877 g/mol. The van der Waals surface area contributed by atoms with E-state index in [0.29, 0.717) is 0 Å². The Balaban J connectivity index is 0.000000301. The van der Waals surface area contributed by atoms with Crippen LogP contribution in [-0.4, -0.2) is 15.9 Å². The van der Waals surface area contributed by atoms with Crippen molar-refractivity contribution in [3.8, 4) is 11.3 Å². The number of aryl methyl sites for hydroxylation is 1. The van der Waals surface area contributed by atoms with E-state index in [1.807, 2.05) is 75.8 Å². The number of carbonyl (C=O) groups is 1. The maximum atomic E-state index is 12.2. The third-order valence-electron chi connectivity index (χ3n) is 9.95. The Bertz CT molecular complexity index is 1930. The van der Waals surface area contributed by atoms with Gasteiger partial charge in [0.15, 0.2) is 5.78 Å². The summed E-state index contributed by atoms with van der Waals surface area (Å²) in [5.74, 6) is 0.286. The van der Waals surface area contributed by atoms with Crippen molar-refractivity contribution in [1.82, 2.24) is 4.98 Å². The van der Waals surface area contributed by atoms with Crippen molar-refractivity contribution in [2.24, 2.45) is 10.8 Å². The number of fused-ring (bicyclic) bond motifs is 5. The van der Waals surface area contributed by atoms with Gasteiger partial charge in [-0.25, -0.2) is 0 Å². The van der Waals surface area contributed by atoms with Crippen LogP contribution in [0.3, 0.4) is 0 Å². The Kier molecular flexibility index (Phi) is 13.5. The summed E-state index contributed by atoms with van der Waals surface area (Å²) in [7, 11) is 0.